The minimum atomic E-state index is 0.344. The molecule has 0 aromatic rings. The topological polar surface area (TPSA) is 23.5 Å². The van der Waals surface area contributed by atoms with E-state index in [-0.39, 0.29) is 0 Å². The lowest BCUT2D eigenvalue weighted by molar-refractivity contribution is 0.0777. The van der Waals surface area contributed by atoms with Crippen molar-refractivity contribution in [3.63, 3.8) is 0 Å². The number of hydrogen-bond donors (Lipinski definition) is 1. The second kappa shape index (κ2) is 5.61. The van der Waals surface area contributed by atoms with E-state index in [9.17, 15) is 5.11 Å². The van der Waals surface area contributed by atoms with Crippen molar-refractivity contribution >= 4 is 0 Å². The Hall–Kier alpha value is -0.0800. The average molecular weight is 185 g/mol. The maximum absolute atomic E-state index is 9.21. The van der Waals surface area contributed by atoms with Gasteiger partial charge in [0, 0.05) is 12.6 Å². The largest absolute Gasteiger partial charge is 0.395 e. The molecule has 2 atom stereocenters. The average Bonchev–Trinajstić information content (AvgIpc) is 2.18. The molecule has 2 heteroatoms. The highest BCUT2D eigenvalue weighted by molar-refractivity contribution is 4.77. The quantitative estimate of drug-likeness (QED) is 0.723. The van der Waals surface area contributed by atoms with Crippen molar-refractivity contribution in [2.24, 2.45) is 5.92 Å². The van der Waals surface area contributed by atoms with Crippen LogP contribution in [0.1, 0.15) is 39.5 Å². The first kappa shape index (κ1) is 11.0. The fourth-order valence-corrected chi connectivity index (χ4v) is 2.04. The minimum absolute atomic E-state index is 0.344. The van der Waals surface area contributed by atoms with Crippen molar-refractivity contribution in [1.82, 2.24) is 4.90 Å². The smallest absolute Gasteiger partial charge is 0.0586 e. The first-order valence-electron chi connectivity index (χ1n) is 5.62. The second-order valence-corrected chi connectivity index (χ2v) is 4.34. The Labute approximate surface area is 81.9 Å². The fraction of sp³-hybridized carbons (Fsp3) is 1.00. The predicted octanol–water partition coefficient (Wildman–Crippen LogP) is 1.88. The predicted molar refractivity (Wildman–Crippen MR) is 55.8 cm³/mol. The summed E-state index contributed by atoms with van der Waals surface area (Å²) < 4.78 is 0. The normalized spacial score (nSPS) is 27.5. The molecule has 1 aliphatic heterocycles. The lowest BCUT2D eigenvalue weighted by Gasteiger charge is -2.36. The summed E-state index contributed by atoms with van der Waals surface area (Å²) >= 11 is 0. The van der Waals surface area contributed by atoms with Gasteiger partial charge < -0.3 is 5.11 Å². The molecule has 0 aromatic heterocycles. The highest BCUT2D eigenvalue weighted by Crippen LogP contribution is 2.18. The maximum atomic E-state index is 9.21. The molecule has 0 bridgehead atoms. The minimum Gasteiger partial charge on any atom is -0.395 e. The zero-order valence-corrected chi connectivity index (χ0v) is 9.00. The van der Waals surface area contributed by atoms with Gasteiger partial charge in [0.15, 0.2) is 0 Å². The third kappa shape index (κ3) is 3.28. The summed E-state index contributed by atoms with van der Waals surface area (Å²) in [5, 5.41) is 9.21. The number of nitrogens with zero attached hydrogens (tertiary/aromatic N) is 1. The van der Waals surface area contributed by atoms with E-state index in [1.165, 1.54) is 38.8 Å². The van der Waals surface area contributed by atoms with Crippen LogP contribution in [0.4, 0.5) is 0 Å². The molecule has 2 nitrogen and oxygen atoms in total. The molecule has 1 aliphatic rings. The zero-order chi connectivity index (χ0) is 9.68. The van der Waals surface area contributed by atoms with Crippen LogP contribution in [-0.2, 0) is 0 Å². The third-order valence-corrected chi connectivity index (χ3v) is 3.20. The summed E-state index contributed by atoms with van der Waals surface area (Å²) in [6.07, 6.45) is 5.04. The van der Waals surface area contributed by atoms with Gasteiger partial charge in [-0.25, -0.2) is 0 Å². The van der Waals surface area contributed by atoms with Crippen LogP contribution >= 0.6 is 0 Å². The third-order valence-electron chi connectivity index (χ3n) is 3.20. The molecule has 0 saturated carbocycles. The summed E-state index contributed by atoms with van der Waals surface area (Å²) in [6, 6.07) is 0.447. The number of likely N-dealkylation sites (tertiary alicyclic amines) is 1. The monoisotopic (exact) mass is 185 g/mol. The van der Waals surface area contributed by atoms with Crippen LogP contribution in [-0.4, -0.2) is 35.7 Å². The molecule has 0 amide bonds. The highest BCUT2D eigenvalue weighted by atomic mass is 16.3. The molecule has 1 rings (SSSR count). The van der Waals surface area contributed by atoms with Crippen LogP contribution in [0.25, 0.3) is 0 Å². The van der Waals surface area contributed by atoms with Gasteiger partial charge in [0.2, 0.25) is 0 Å². The molecule has 0 aromatic carbocycles. The van der Waals surface area contributed by atoms with Gasteiger partial charge in [-0.2, -0.15) is 0 Å². The van der Waals surface area contributed by atoms with Crippen molar-refractivity contribution in [2.75, 3.05) is 19.7 Å². The SMILES string of the molecule is CCC(C)CN1CCCCC1CO. The van der Waals surface area contributed by atoms with Gasteiger partial charge in [-0.3, -0.25) is 4.90 Å². The van der Waals surface area contributed by atoms with Gasteiger partial charge in [0.25, 0.3) is 0 Å². The van der Waals surface area contributed by atoms with E-state index in [1.54, 1.807) is 0 Å². The zero-order valence-electron chi connectivity index (χ0n) is 9.00. The second-order valence-electron chi connectivity index (χ2n) is 4.34. The number of piperidine rings is 1. The molecule has 1 fully saturated rings. The Morgan fingerprint density at radius 2 is 2.23 bits per heavy atom. The van der Waals surface area contributed by atoms with E-state index in [2.05, 4.69) is 18.7 Å². The summed E-state index contributed by atoms with van der Waals surface area (Å²) in [5.41, 5.74) is 0. The van der Waals surface area contributed by atoms with Crippen LogP contribution in [0.2, 0.25) is 0 Å². The molecular formula is C11H23NO. The number of aliphatic hydroxyl groups excluding tert-OH is 1. The lowest BCUT2D eigenvalue weighted by Crippen LogP contribution is -2.43. The summed E-state index contributed by atoms with van der Waals surface area (Å²) in [6.45, 7) is 7.24. The van der Waals surface area contributed by atoms with Crippen molar-refractivity contribution in [1.29, 1.82) is 0 Å². The van der Waals surface area contributed by atoms with Crippen molar-refractivity contribution in [3.05, 3.63) is 0 Å². The van der Waals surface area contributed by atoms with Crippen LogP contribution < -0.4 is 0 Å². The Bertz CT molecular complexity index is 138. The molecule has 1 N–H and O–H groups in total. The Kier molecular flexibility index (Phi) is 4.74. The van der Waals surface area contributed by atoms with E-state index < -0.39 is 0 Å². The van der Waals surface area contributed by atoms with E-state index >= 15 is 0 Å². The molecule has 1 saturated heterocycles. The van der Waals surface area contributed by atoms with Crippen LogP contribution in [0.3, 0.4) is 0 Å². The molecule has 13 heavy (non-hydrogen) atoms. The Morgan fingerprint density at radius 1 is 1.46 bits per heavy atom. The van der Waals surface area contributed by atoms with Crippen molar-refractivity contribution in [2.45, 2.75) is 45.6 Å². The Morgan fingerprint density at radius 3 is 2.85 bits per heavy atom. The number of aliphatic hydroxyl groups is 1. The summed E-state index contributed by atoms with van der Waals surface area (Å²) in [4.78, 5) is 2.47. The fourth-order valence-electron chi connectivity index (χ4n) is 2.04. The Balaban J connectivity index is 2.35. The molecular weight excluding hydrogens is 162 g/mol. The summed E-state index contributed by atoms with van der Waals surface area (Å²) in [5.74, 6) is 0.771. The highest BCUT2D eigenvalue weighted by Gasteiger charge is 2.22. The first-order chi connectivity index (χ1) is 6.27. The first-order valence-corrected chi connectivity index (χ1v) is 5.62. The standard InChI is InChI=1S/C11H23NO/c1-3-10(2)8-12-7-5-4-6-11(12)9-13/h10-11,13H,3-9H2,1-2H3. The van der Waals surface area contributed by atoms with E-state index in [1.807, 2.05) is 0 Å². The number of rotatable bonds is 4. The van der Waals surface area contributed by atoms with Crippen LogP contribution in [0.5, 0.6) is 0 Å². The van der Waals surface area contributed by atoms with Gasteiger partial charge in [-0.05, 0) is 25.3 Å². The molecule has 0 radical (unpaired) electrons. The van der Waals surface area contributed by atoms with Crippen LogP contribution in [0.15, 0.2) is 0 Å². The van der Waals surface area contributed by atoms with Gasteiger partial charge in [0.1, 0.15) is 0 Å². The van der Waals surface area contributed by atoms with Gasteiger partial charge in [0.05, 0.1) is 6.61 Å². The van der Waals surface area contributed by atoms with Gasteiger partial charge >= 0.3 is 0 Å². The molecule has 78 valence electrons. The van der Waals surface area contributed by atoms with E-state index in [4.69, 9.17) is 0 Å². The lowest BCUT2D eigenvalue weighted by atomic mass is 10.00. The summed E-state index contributed by atoms with van der Waals surface area (Å²) in [7, 11) is 0. The van der Waals surface area contributed by atoms with Crippen molar-refractivity contribution in [3.8, 4) is 0 Å². The van der Waals surface area contributed by atoms with E-state index in [0.717, 1.165) is 5.92 Å². The molecule has 0 spiro atoms. The molecule has 1 heterocycles. The van der Waals surface area contributed by atoms with Gasteiger partial charge in [-0.1, -0.05) is 26.7 Å². The van der Waals surface area contributed by atoms with Crippen molar-refractivity contribution < 1.29 is 5.11 Å². The molecule has 2 unspecified atom stereocenters. The van der Waals surface area contributed by atoms with E-state index in [0.29, 0.717) is 12.6 Å². The van der Waals surface area contributed by atoms with Crippen LogP contribution in [0, 0.1) is 5.92 Å². The van der Waals surface area contributed by atoms with Gasteiger partial charge in [-0.15, -0.1) is 0 Å². The number of hydrogen-bond acceptors (Lipinski definition) is 2. The molecule has 0 aliphatic carbocycles. The maximum Gasteiger partial charge on any atom is 0.0586 e.